The van der Waals surface area contributed by atoms with Gasteiger partial charge in [0.05, 0.1) is 17.1 Å². The molecule has 0 N–H and O–H groups in total. The average Bonchev–Trinajstić information content (AvgIpc) is 3.00. The lowest BCUT2D eigenvalue weighted by Gasteiger charge is -2.23. The quantitative estimate of drug-likeness (QED) is 0.811. The van der Waals surface area contributed by atoms with E-state index in [1.165, 1.54) is 13.0 Å². The van der Waals surface area contributed by atoms with Gasteiger partial charge in [-0.25, -0.2) is 4.98 Å². The Bertz CT molecular complexity index is 664. The number of pyridine rings is 1. The molecule has 0 amide bonds. The third-order valence-electron chi connectivity index (χ3n) is 4.56. The molecule has 0 saturated carbocycles. The van der Waals surface area contributed by atoms with Crippen LogP contribution in [0.25, 0.3) is 10.9 Å². The number of anilines is 1. The minimum Gasteiger partial charge on any atom is -0.383 e. The molecule has 4 nitrogen and oxygen atoms in total. The molecule has 124 valence electrons. The molecule has 0 radical (unpaired) electrons. The second-order valence-electron chi connectivity index (χ2n) is 6.31. The van der Waals surface area contributed by atoms with Gasteiger partial charge in [0.1, 0.15) is 5.82 Å². The number of nitrogens with zero attached hydrogens (tertiary/aromatic N) is 3. The summed E-state index contributed by atoms with van der Waals surface area (Å²) in [4.78, 5) is 9.47. The van der Waals surface area contributed by atoms with Gasteiger partial charge in [0.25, 0.3) is 0 Å². The smallest absolute Gasteiger partial charge is 0.129 e. The van der Waals surface area contributed by atoms with Crippen LogP contribution >= 0.6 is 11.6 Å². The third kappa shape index (κ3) is 3.94. The number of ether oxygens (including phenoxy) is 1. The van der Waals surface area contributed by atoms with Crippen molar-refractivity contribution in [1.82, 2.24) is 9.88 Å². The zero-order valence-corrected chi connectivity index (χ0v) is 14.6. The van der Waals surface area contributed by atoms with Gasteiger partial charge in [-0.2, -0.15) is 0 Å². The molecule has 0 bridgehead atoms. The van der Waals surface area contributed by atoms with Gasteiger partial charge in [-0.3, -0.25) is 0 Å². The summed E-state index contributed by atoms with van der Waals surface area (Å²) < 4.78 is 5.17. The second kappa shape index (κ2) is 7.47. The molecule has 3 rings (SSSR count). The number of rotatable bonds is 6. The first-order valence-electron chi connectivity index (χ1n) is 8.15. The fourth-order valence-electron chi connectivity index (χ4n) is 3.28. The van der Waals surface area contributed by atoms with Gasteiger partial charge < -0.3 is 14.5 Å². The lowest BCUT2D eigenvalue weighted by atomic mass is 10.1. The van der Waals surface area contributed by atoms with Gasteiger partial charge in [0.2, 0.25) is 0 Å². The molecule has 1 fully saturated rings. The van der Waals surface area contributed by atoms with Crippen LogP contribution in [0.5, 0.6) is 0 Å². The van der Waals surface area contributed by atoms with Crippen LogP contribution in [0.3, 0.4) is 0 Å². The van der Waals surface area contributed by atoms with Crippen LogP contribution in [0.2, 0.25) is 5.02 Å². The van der Waals surface area contributed by atoms with Crippen molar-refractivity contribution in [2.45, 2.75) is 6.42 Å². The van der Waals surface area contributed by atoms with Crippen molar-refractivity contribution in [3.63, 3.8) is 0 Å². The van der Waals surface area contributed by atoms with Crippen molar-refractivity contribution in [2.24, 2.45) is 5.92 Å². The van der Waals surface area contributed by atoms with Gasteiger partial charge in [-0.15, -0.1) is 0 Å². The largest absolute Gasteiger partial charge is 0.383 e. The van der Waals surface area contributed by atoms with E-state index in [0.29, 0.717) is 10.9 Å². The highest BCUT2D eigenvalue weighted by atomic mass is 35.5. The summed E-state index contributed by atoms with van der Waals surface area (Å²) in [5.41, 5.74) is 0.881. The summed E-state index contributed by atoms with van der Waals surface area (Å²) in [6.07, 6.45) is 1.24. The van der Waals surface area contributed by atoms with Crippen LogP contribution in [-0.4, -0.2) is 56.8 Å². The lowest BCUT2D eigenvalue weighted by Crippen LogP contribution is -2.30. The zero-order chi connectivity index (χ0) is 16.2. The van der Waals surface area contributed by atoms with E-state index in [1.807, 2.05) is 18.2 Å². The molecule has 1 aromatic carbocycles. The first kappa shape index (κ1) is 16.5. The first-order valence-corrected chi connectivity index (χ1v) is 8.53. The van der Waals surface area contributed by atoms with Crippen LogP contribution in [0.4, 0.5) is 5.82 Å². The average molecular weight is 334 g/mol. The number of likely N-dealkylation sites (tertiary alicyclic amines) is 1. The second-order valence-corrected chi connectivity index (χ2v) is 6.72. The minimum atomic E-state index is 0.681. The van der Waals surface area contributed by atoms with Crippen LogP contribution in [0, 0.1) is 5.92 Å². The number of benzene rings is 1. The number of methoxy groups -OCH3 is 1. The Morgan fingerprint density at radius 1 is 1.35 bits per heavy atom. The number of aromatic nitrogens is 1. The van der Waals surface area contributed by atoms with E-state index < -0.39 is 0 Å². The standard InChI is InChI=1S/C18H24ClN3O/c1-21(12-14-8-9-22(13-14)10-11-23-2)17-7-6-15-4-3-5-16(19)18(15)20-17/h3-7,14H,8-13H2,1-2H3. The first-order chi connectivity index (χ1) is 11.2. The van der Waals surface area contributed by atoms with Crippen molar-refractivity contribution in [1.29, 1.82) is 0 Å². The molecule has 2 aromatic rings. The maximum atomic E-state index is 6.27. The highest BCUT2D eigenvalue weighted by Gasteiger charge is 2.23. The Morgan fingerprint density at radius 2 is 2.22 bits per heavy atom. The van der Waals surface area contributed by atoms with Gasteiger partial charge in [0, 0.05) is 39.2 Å². The molecule has 2 heterocycles. The highest BCUT2D eigenvalue weighted by molar-refractivity contribution is 6.35. The van der Waals surface area contributed by atoms with Crippen molar-refractivity contribution < 1.29 is 4.74 Å². The fourth-order valence-corrected chi connectivity index (χ4v) is 3.50. The number of para-hydroxylation sites is 1. The summed E-state index contributed by atoms with van der Waals surface area (Å²) in [5, 5.41) is 1.80. The van der Waals surface area contributed by atoms with Crippen molar-refractivity contribution in [2.75, 3.05) is 51.8 Å². The van der Waals surface area contributed by atoms with Crippen molar-refractivity contribution in [3.8, 4) is 0 Å². The van der Waals surface area contributed by atoms with Crippen LogP contribution in [0.15, 0.2) is 30.3 Å². The van der Waals surface area contributed by atoms with E-state index in [-0.39, 0.29) is 0 Å². The minimum absolute atomic E-state index is 0.681. The Hall–Kier alpha value is -1.36. The van der Waals surface area contributed by atoms with Crippen LogP contribution in [0.1, 0.15) is 6.42 Å². The van der Waals surface area contributed by atoms with Gasteiger partial charge in [0.15, 0.2) is 0 Å². The molecular formula is C18H24ClN3O. The summed E-state index contributed by atoms with van der Waals surface area (Å²) in [6, 6.07) is 10.1. The van der Waals surface area contributed by atoms with E-state index in [1.54, 1.807) is 7.11 Å². The number of fused-ring (bicyclic) bond motifs is 1. The molecular weight excluding hydrogens is 310 g/mol. The molecule has 1 atom stereocenters. The molecule has 1 aliphatic heterocycles. The van der Waals surface area contributed by atoms with Crippen LogP contribution in [-0.2, 0) is 4.74 Å². The molecule has 0 aliphatic carbocycles. The summed E-state index contributed by atoms with van der Waals surface area (Å²) in [6.45, 7) is 5.17. The lowest BCUT2D eigenvalue weighted by molar-refractivity contribution is 0.159. The SMILES string of the molecule is COCCN1CCC(CN(C)c2ccc3cccc(Cl)c3n2)C1. The molecule has 23 heavy (non-hydrogen) atoms. The number of halogens is 1. The molecule has 1 unspecified atom stereocenters. The van der Waals surface area contributed by atoms with Gasteiger partial charge in [-0.05, 0) is 37.1 Å². The molecule has 1 aliphatic rings. The van der Waals surface area contributed by atoms with E-state index in [9.17, 15) is 0 Å². The Morgan fingerprint density at radius 3 is 3.04 bits per heavy atom. The van der Waals surface area contributed by atoms with Crippen molar-refractivity contribution in [3.05, 3.63) is 35.4 Å². The topological polar surface area (TPSA) is 28.6 Å². The fraction of sp³-hybridized carbons (Fsp3) is 0.500. The normalized spacial score (nSPS) is 18.7. The maximum Gasteiger partial charge on any atom is 0.129 e. The maximum absolute atomic E-state index is 6.27. The predicted octanol–water partition coefficient (Wildman–Crippen LogP) is 3.29. The molecule has 1 saturated heterocycles. The zero-order valence-electron chi connectivity index (χ0n) is 13.8. The highest BCUT2D eigenvalue weighted by Crippen LogP contribution is 2.25. The summed E-state index contributed by atoms with van der Waals surface area (Å²) in [5.74, 6) is 1.67. The van der Waals surface area contributed by atoms with Gasteiger partial charge in [-0.1, -0.05) is 23.7 Å². The van der Waals surface area contributed by atoms with E-state index in [4.69, 9.17) is 21.3 Å². The van der Waals surface area contributed by atoms with Crippen molar-refractivity contribution >= 4 is 28.3 Å². The monoisotopic (exact) mass is 333 g/mol. The Labute approximate surface area is 143 Å². The summed E-state index contributed by atoms with van der Waals surface area (Å²) >= 11 is 6.27. The molecule has 0 spiro atoms. The predicted molar refractivity (Wildman–Crippen MR) is 96.4 cm³/mol. The Kier molecular flexibility index (Phi) is 5.36. The van der Waals surface area contributed by atoms with E-state index in [2.05, 4.69) is 29.0 Å². The summed E-state index contributed by atoms with van der Waals surface area (Å²) in [7, 11) is 3.88. The molecule has 5 heteroatoms. The number of hydrogen-bond donors (Lipinski definition) is 0. The Balaban J connectivity index is 1.64. The third-order valence-corrected chi connectivity index (χ3v) is 4.87. The number of hydrogen-bond acceptors (Lipinski definition) is 4. The van der Waals surface area contributed by atoms with E-state index in [0.717, 1.165) is 43.0 Å². The van der Waals surface area contributed by atoms with Crippen LogP contribution < -0.4 is 4.90 Å². The van der Waals surface area contributed by atoms with E-state index >= 15 is 0 Å². The van der Waals surface area contributed by atoms with Gasteiger partial charge >= 0.3 is 0 Å². The molecule has 1 aromatic heterocycles.